The SMILES string of the molecule is CCCNCC(C)S(=O)(=O)NCC1CCC(CC)CC1. The van der Waals surface area contributed by atoms with E-state index >= 15 is 0 Å². The maximum absolute atomic E-state index is 12.1. The van der Waals surface area contributed by atoms with Crippen LogP contribution >= 0.6 is 0 Å². The van der Waals surface area contributed by atoms with Gasteiger partial charge in [0.25, 0.3) is 0 Å². The Morgan fingerprint density at radius 2 is 1.70 bits per heavy atom. The number of rotatable bonds is 9. The first kappa shape index (κ1) is 17.9. The minimum absolute atomic E-state index is 0.360. The van der Waals surface area contributed by atoms with Crippen LogP contribution in [0.25, 0.3) is 0 Å². The highest BCUT2D eigenvalue weighted by Gasteiger charge is 2.24. The van der Waals surface area contributed by atoms with Gasteiger partial charge in [0, 0.05) is 13.1 Å². The Morgan fingerprint density at radius 1 is 1.10 bits per heavy atom. The Balaban J connectivity index is 2.28. The average Bonchev–Trinajstić information content (AvgIpc) is 2.46. The average molecular weight is 305 g/mol. The highest BCUT2D eigenvalue weighted by Crippen LogP contribution is 2.30. The molecule has 0 amide bonds. The van der Waals surface area contributed by atoms with E-state index in [1.807, 2.05) is 0 Å². The van der Waals surface area contributed by atoms with Crippen LogP contribution in [0.3, 0.4) is 0 Å². The summed E-state index contributed by atoms with van der Waals surface area (Å²) in [5, 5.41) is 2.81. The van der Waals surface area contributed by atoms with Crippen molar-refractivity contribution in [3.8, 4) is 0 Å². The van der Waals surface area contributed by atoms with Gasteiger partial charge in [0.1, 0.15) is 0 Å². The summed E-state index contributed by atoms with van der Waals surface area (Å²) in [6.45, 7) is 8.14. The van der Waals surface area contributed by atoms with E-state index in [-0.39, 0.29) is 5.25 Å². The maximum Gasteiger partial charge on any atom is 0.215 e. The molecule has 0 spiro atoms. The Kier molecular flexibility index (Phi) is 8.07. The molecule has 2 N–H and O–H groups in total. The largest absolute Gasteiger partial charge is 0.315 e. The molecule has 20 heavy (non-hydrogen) atoms. The molecule has 0 aromatic rings. The molecule has 1 atom stereocenters. The third-order valence-electron chi connectivity index (χ3n) is 4.51. The van der Waals surface area contributed by atoms with Crippen molar-refractivity contribution in [3.05, 3.63) is 0 Å². The molecule has 1 saturated carbocycles. The van der Waals surface area contributed by atoms with Crippen LogP contribution in [0.2, 0.25) is 0 Å². The van der Waals surface area contributed by atoms with Gasteiger partial charge in [0.15, 0.2) is 0 Å². The first-order valence-corrected chi connectivity index (χ1v) is 9.73. The van der Waals surface area contributed by atoms with Crippen LogP contribution in [0, 0.1) is 11.8 Å². The van der Waals surface area contributed by atoms with Gasteiger partial charge in [0.2, 0.25) is 10.0 Å². The van der Waals surface area contributed by atoms with Crippen molar-refractivity contribution in [2.24, 2.45) is 11.8 Å². The van der Waals surface area contributed by atoms with Gasteiger partial charge in [-0.25, -0.2) is 13.1 Å². The van der Waals surface area contributed by atoms with Gasteiger partial charge in [0.05, 0.1) is 5.25 Å². The Hall–Kier alpha value is -0.130. The van der Waals surface area contributed by atoms with Crippen LogP contribution in [0.1, 0.15) is 59.3 Å². The molecule has 5 heteroatoms. The van der Waals surface area contributed by atoms with Gasteiger partial charge in [-0.05, 0) is 44.6 Å². The van der Waals surface area contributed by atoms with Gasteiger partial charge in [-0.1, -0.05) is 33.1 Å². The van der Waals surface area contributed by atoms with Crippen molar-refractivity contribution < 1.29 is 8.42 Å². The summed E-state index contributed by atoms with van der Waals surface area (Å²) in [7, 11) is -3.17. The molecule has 0 aliphatic heterocycles. The molecular formula is C15H32N2O2S. The molecule has 0 radical (unpaired) electrons. The lowest BCUT2D eigenvalue weighted by Crippen LogP contribution is -2.41. The lowest BCUT2D eigenvalue weighted by atomic mass is 9.81. The van der Waals surface area contributed by atoms with Crippen LogP contribution in [0.5, 0.6) is 0 Å². The summed E-state index contributed by atoms with van der Waals surface area (Å²) in [6.07, 6.45) is 7.15. The van der Waals surface area contributed by atoms with E-state index in [0.717, 1.165) is 18.9 Å². The molecule has 1 aliphatic carbocycles. The van der Waals surface area contributed by atoms with Crippen molar-refractivity contribution in [3.63, 3.8) is 0 Å². The Labute approximate surface area is 125 Å². The smallest absolute Gasteiger partial charge is 0.215 e. The molecule has 0 aromatic heterocycles. The van der Waals surface area contributed by atoms with Gasteiger partial charge in [-0.3, -0.25) is 0 Å². The predicted octanol–water partition coefficient (Wildman–Crippen LogP) is 2.51. The Bertz CT molecular complexity index is 349. The molecule has 0 bridgehead atoms. The zero-order valence-corrected chi connectivity index (χ0v) is 14.1. The van der Waals surface area contributed by atoms with Gasteiger partial charge in [-0.15, -0.1) is 0 Å². The summed E-state index contributed by atoms with van der Waals surface area (Å²) in [4.78, 5) is 0. The summed E-state index contributed by atoms with van der Waals surface area (Å²) in [5.41, 5.74) is 0. The summed E-state index contributed by atoms with van der Waals surface area (Å²) in [5.74, 6) is 1.39. The molecule has 4 nitrogen and oxygen atoms in total. The third-order valence-corrected chi connectivity index (χ3v) is 6.30. The fraction of sp³-hybridized carbons (Fsp3) is 1.00. The van der Waals surface area contributed by atoms with Crippen LogP contribution in [-0.4, -0.2) is 33.3 Å². The second kappa shape index (κ2) is 9.00. The molecule has 1 rings (SSSR count). The lowest BCUT2D eigenvalue weighted by Gasteiger charge is -2.28. The van der Waals surface area contributed by atoms with E-state index < -0.39 is 10.0 Å². The summed E-state index contributed by atoms with van der Waals surface area (Å²) >= 11 is 0. The molecule has 0 saturated heterocycles. The molecule has 1 unspecified atom stereocenters. The van der Waals surface area contributed by atoms with Gasteiger partial charge < -0.3 is 5.32 Å². The zero-order chi connectivity index (χ0) is 15.0. The second-order valence-corrected chi connectivity index (χ2v) is 8.39. The summed E-state index contributed by atoms with van der Waals surface area (Å²) in [6, 6.07) is 0. The van der Waals surface area contributed by atoms with E-state index in [2.05, 4.69) is 23.9 Å². The predicted molar refractivity (Wildman–Crippen MR) is 85.3 cm³/mol. The van der Waals surface area contributed by atoms with E-state index in [1.54, 1.807) is 6.92 Å². The van der Waals surface area contributed by atoms with Crippen LogP contribution in [0.4, 0.5) is 0 Å². The molecule has 0 aromatic carbocycles. The minimum Gasteiger partial charge on any atom is -0.315 e. The van der Waals surface area contributed by atoms with E-state index in [1.165, 1.54) is 32.1 Å². The van der Waals surface area contributed by atoms with Crippen molar-refractivity contribution in [2.75, 3.05) is 19.6 Å². The normalized spacial score (nSPS) is 25.6. The number of hydrogen-bond acceptors (Lipinski definition) is 3. The van der Waals surface area contributed by atoms with Crippen LogP contribution in [0.15, 0.2) is 0 Å². The molecule has 1 aliphatic rings. The van der Waals surface area contributed by atoms with Crippen molar-refractivity contribution in [1.82, 2.24) is 10.0 Å². The second-order valence-electron chi connectivity index (χ2n) is 6.20. The fourth-order valence-corrected chi connectivity index (χ4v) is 3.90. The highest BCUT2D eigenvalue weighted by atomic mass is 32.2. The van der Waals surface area contributed by atoms with E-state index in [0.29, 0.717) is 19.0 Å². The molecular weight excluding hydrogens is 272 g/mol. The number of sulfonamides is 1. The highest BCUT2D eigenvalue weighted by molar-refractivity contribution is 7.90. The van der Waals surface area contributed by atoms with Gasteiger partial charge in [-0.2, -0.15) is 0 Å². The van der Waals surface area contributed by atoms with Gasteiger partial charge >= 0.3 is 0 Å². The van der Waals surface area contributed by atoms with Crippen molar-refractivity contribution in [1.29, 1.82) is 0 Å². The number of hydrogen-bond donors (Lipinski definition) is 2. The van der Waals surface area contributed by atoms with E-state index in [9.17, 15) is 8.42 Å². The quantitative estimate of drug-likeness (QED) is 0.644. The monoisotopic (exact) mass is 304 g/mol. The topological polar surface area (TPSA) is 58.2 Å². The van der Waals surface area contributed by atoms with Crippen molar-refractivity contribution in [2.45, 2.75) is 64.5 Å². The standard InChI is InChI=1S/C15H32N2O2S/c1-4-10-16-11-13(3)20(18,19)17-12-15-8-6-14(5-2)7-9-15/h13-17H,4-12H2,1-3H3. The van der Waals surface area contributed by atoms with E-state index in [4.69, 9.17) is 0 Å². The first-order chi connectivity index (χ1) is 9.49. The third kappa shape index (κ3) is 6.10. The summed E-state index contributed by atoms with van der Waals surface area (Å²) < 4.78 is 27.1. The fourth-order valence-electron chi connectivity index (χ4n) is 2.81. The lowest BCUT2D eigenvalue weighted by molar-refractivity contribution is 0.270. The number of nitrogens with one attached hydrogen (secondary N) is 2. The van der Waals surface area contributed by atoms with Crippen LogP contribution < -0.4 is 10.0 Å². The van der Waals surface area contributed by atoms with Crippen molar-refractivity contribution >= 4 is 10.0 Å². The molecule has 0 heterocycles. The molecule has 120 valence electrons. The minimum atomic E-state index is -3.17. The first-order valence-electron chi connectivity index (χ1n) is 8.18. The molecule has 1 fully saturated rings. The van der Waals surface area contributed by atoms with Crippen LogP contribution in [-0.2, 0) is 10.0 Å². The Morgan fingerprint density at radius 3 is 2.25 bits per heavy atom. The zero-order valence-electron chi connectivity index (χ0n) is 13.3. The maximum atomic E-state index is 12.1.